The predicted octanol–water partition coefficient (Wildman–Crippen LogP) is 1.67. The molecule has 0 aliphatic carbocycles. The first-order valence-corrected chi connectivity index (χ1v) is 5.20. The maximum Gasteiger partial charge on any atom is 0.0708 e. The third-order valence-corrected chi connectivity index (χ3v) is 2.95. The molecule has 0 atom stereocenters. The van der Waals surface area contributed by atoms with Gasteiger partial charge >= 0.3 is 0 Å². The number of ether oxygens (including phenoxy) is 1. The molecule has 0 bridgehead atoms. The number of nitriles is 1. The topological polar surface area (TPSA) is 33.0 Å². The van der Waals surface area contributed by atoms with Crippen molar-refractivity contribution in [1.29, 1.82) is 5.26 Å². The second-order valence-corrected chi connectivity index (χ2v) is 3.80. The number of rotatable bonds is 2. The van der Waals surface area contributed by atoms with Crippen molar-refractivity contribution in [3.63, 3.8) is 0 Å². The minimum absolute atomic E-state index is 0.0856. The van der Waals surface area contributed by atoms with Crippen molar-refractivity contribution in [2.45, 2.75) is 12.8 Å². The second kappa shape index (κ2) is 3.99. The summed E-state index contributed by atoms with van der Waals surface area (Å²) in [7, 11) is 0. The Morgan fingerprint density at radius 3 is 2.64 bits per heavy atom. The first-order valence-electron chi connectivity index (χ1n) is 3.81. The number of nitrogens with zero attached hydrogens (tertiary/aromatic N) is 1. The summed E-state index contributed by atoms with van der Waals surface area (Å²) in [6.07, 6.45) is 3.86. The van der Waals surface area contributed by atoms with E-state index in [9.17, 15) is 0 Å². The highest BCUT2D eigenvalue weighted by molar-refractivity contribution is 7.98. The largest absolute Gasteiger partial charge is 0.381 e. The average molecular weight is 171 g/mol. The van der Waals surface area contributed by atoms with E-state index in [1.165, 1.54) is 0 Å². The maximum atomic E-state index is 8.95. The van der Waals surface area contributed by atoms with Crippen molar-refractivity contribution in [3.8, 4) is 6.07 Å². The van der Waals surface area contributed by atoms with Crippen LogP contribution in [0.4, 0.5) is 0 Å². The van der Waals surface area contributed by atoms with Crippen LogP contribution in [-0.4, -0.2) is 25.2 Å². The van der Waals surface area contributed by atoms with Crippen molar-refractivity contribution in [2.75, 3.05) is 25.2 Å². The number of hydrogen-bond donors (Lipinski definition) is 0. The van der Waals surface area contributed by atoms with E-state index in [0.717, 1.165) is 31.8 Å². The van der Waals surface area contributed by atoms with Crippen molar-refractivity contribution in [1.82, 2.24) is 0 Å². The Balaban J connectivity index is 2.51. The lowest BCUT2D eigenvalue weighted by molar-refractivity contribution is 0.0497. The van der Waals surface area contributed by atoms with E-state index in [4.69, 9.17) is 10.00 Å². The van der Waals surface area contributed by atoms with Gasteiger partial charge in [0.15, 0.2) is 0 Å². The molecule has 0 spiro atoms. The van der Waals surface area contributed by atoms with Crippen LogP contribution in [-0.2, 0) is 4.74 Å². The molecule has 0 amide bonds. The van der Waals surface area contributed by atoms with E-state index >= 15 is 0 Å². The van der Waals surface area contributed by atoms with Crippen LogP contribution in [0.1, 0.15) is 12.8 Å². The van der Waals surface area contributed by atoms with Crippen LogP contribution >= 0.6 is 11.8 Å². The van der Waals surface area contributed by atoms with E-state index in [1.807, 2.05) is 0 Å². The second-order valence-electron chi connectivity index (χ2n) is 2.94. The van der Waals surface area contributed by atoms with E-state index in [-0.39, 0.29) is 5.41 Å². The van der Waals surface area contributed by atoms with Gasteiger partial charge in [-0.1, -0.05) is 0 Å². The molecule has 0 aromatic rings. The maximum absolute atomic E-state index is 8.95. The molecule has 11 heavy (non-hydrogen) atoms. The molecule has 1 fully saturated rings. The van der Waals surface area contributed by atoms with Gasteiger partial charge in [-0.05, 0) is 19.1 Å². The first kappa shape index (κ1) is 8.89. The lowest BCUT2D eigenvalue weighted by Gasteiger charge is -2.29. The van der Waals surface area contributed by atoms with Gasteiger partial charge in [0.1, 0.15) is 0 Å². The Morgan fingerprint density at radius 2 is 2.18 bits per heavy atom. The molecule has 0 saturated carbocycles. The molecule has 2 nitrogen and oxygen atoms in total. The Bertz CT molecular complexity index is 152. The molecular formula is C8H13NOS. The van der Waals surface area contributed by atoms with Gasteiger partial charge in [-0.3, -0.25) is 0 Å². The first-order chi connectivity index (χ1) is 5.33. The fourth-order valence-electron chi connectivity index (χ4n) is 1.33. The van der Waals surface area contributed by atoms with Crippen LogP contribution in [0.2, 0.25) is 0 Å². The van der Waals surface area contributed by atoms with Crippen molar-refractivity contribution >= 4 is 11.8 Å². The molecule has 1 heterocycles. The van der Waals surface area contributed by atoms with E-state index in [1.54, 1.807) is 11.8 Å². The quantitative estimate of drug-likeness (QED) is 0.633. The highest BCUT2D eigenvalue weighted by atomic mass is 32.2. The molecule has 1 aliphatic heterocycles. The summed E-state index contributed by atoms with van der Waals surface area (Å²) in [5.74, 6) is 0.951. The normalized spacial score (nSPS) is 22.5. The SMILES string of the molecule is CSCC1(C#N)CCOCC1. The Kier molecular flexibility index (Phi) is 3.22. The molecule has 1 aliphatic rings. The third-order valence-electron chi connectivity index (χ3n) is 2.11. The van der Waals surface area contributed by atoms with Crippen LogP contribution in [0.15, 0.2) is 0 Å². The summed E-state index contributed by atoms with van der Waals surface area (Å²) in [6, 6.07) is 2.42. The lowest BCUT2D eigenvalue weighted by atomic mass is 9.84. The van der Waals surface area contributed by atoms with E-state index in [0.29, 0.717) is 0 Å². The zero-order valence-electron chi connectivity index (χ0n) is 6.80. The summed E-state index contributed by atoms with van der Waals surface area (Å²) in [5, 5.41) is 8.95. The van der Waals surface area contributed by atoms with E-state index in [2.05, 4.69) is 12.3 Å². The standard InChI is InChI=1S/C8H13NOS/c1-11-7-8(6-9)2-4-10-5-3-8/h2-5,7H2,1H3. The molecule has 0 N–H and O–H groups in total. The van der Waals surface area contributed by atoms with Crippen molar-refractivity contribution in [2.24, 2.45) is 5.41 Å². The van der Waals surface area contributed by atoms with Gasteiger partial charge in [-0.25, -0.2) is 0 Å². The molecule has 1 rings (SSSR count). The molecule has 0 unspecified atom stereocenters. The third kappa shape index (κ3) is 2.11. The minimum atomic E-state index is -0.0856. The highest BCUT2D eigenvalue weighted by Crippen LogP contribution is 2.32. The van der Waals surface area contributed by atoms with Gasteiger partial charge in [0.2, 0.25) is 0 Å². The molecule has 0 aromatic heterocycles. The Morgan fingerprint density at radius 1 is 1.55 bits per heavy atom. The predicted molar refractivity (Wildman–Crippen MR) is 46.5 cm³/mol. The molecular weight excluding hydrogens is 158 g/mol. The lowest BCUT2D eigenvalue weighted by Crippen LogP contribution is -2.30. The van der Waals surface area contributed by atoms with Crippen LogP contribution < -0.4 is 0 Å². The molecule has 62 valence electrons. The fraction of sp³-hybridized carbons (Fsp3) is 0.875. The molecule has 3 heteroatoms. The van der Waals surface area contributed by atoms with Gasteiger partial charge < -0.3 is 4.74 Å². The van der Waals surface area contributed by atoms with Crippen LogP contribution in [0.3, 0.4) is 0 Å². The summed E-state index contributed by atoms with van der Waals surface area (Å²) in [5.41, 5.74) is -0.0856. The zero-order chi connectivity index (χ0) is 8.16. The smallest absolute Gasteiger partial charge is 0.0708 e. The summed E-state index contributed by atoms with van der Waals surface area (Å²) in [6.45, 7) is 1.52. The van der Waals surface area contributed by atoms with Crippen LogP contribution in [0.5, 0.6) is 0 Å². The number of thioether (sulfide) groups is 1. The highest BCUT2D eigenvalue weighted by Gasteiger charge is 2.31. The van der Waals surface area contributed by atoms with Crippen molar-refractivity contribution in [3.05, 3.63) is 0 Å². The summed E-state index contributed by atoms with van der Waals surface area (Å²) >= 11 is 1.75. The Labute approximate surface area is 71.9 Å². The van der Waals surface area contributed by atoms with Gasteiger partial charge in [0.05, 0.1) is 11.5 Å². The number of hydrogen-bond acceptors (Lipinski definition) is 3. The Hall–Kier alpha value is -0.200. The molecule has 0 radical (unpaired) electrons. The van der Waals surface area contributed by atoms with Crippen LogP contribution in [0.25, 0.3) is 0 Å². The fourth-order valence-corrected chi connectivity index (χ4v) is 2.23. The summed E-state index contributed by atoms with van der Waals surface area (Å²) < 4.78 is 5.21. The van der Waals surface area contributed by atoms with Gasteiger partial charge in [0, 0.05) is 19.0 Å². The van der Waals surface area contributed by atoms with E-state index < -0.39 is 0 Å². The molecule has 1 saturated heterocycles. The minimum Gasteiger partial charge on any atom is -0.381 e. The average Bonchev–Trinajstić information content (AvgIpc) is 2.07. The summed E-state index contributed by atoms with van der Waals surface area (Å²) in [4.78, 5) is 0. The van der Waals surface area contributed by atoms with Gasteiger partial charge in [-0.2, -0.15) is 17.0 Å². The van der Waals surface area contributed by atoms with Gasteiger partial charge in [0.25, 0.3) is 0 Å². The van der Waals surface area contributed by atoms with Crippen molar-refractivity contribution < 1.29 is 4.74 Å². The van der Waals surface area contributed by atoms with Crippen LogP contribution in [0, 0.1) is 16.7 Å². The monoisotopic (exact) mass is 171 g/mol. The molecule has 0 aromatic carbocycles. The van der Waals surface area contributed by atoms with Gasteiger partial charge in [-0.15, -0.1) is 0 Å². The zero-order valence-corrected chi connectivity index (χ0v) is 7.62.